The van der Waals surface area contributed by atoms with Crippen LogP contribution >= 0.6 is 0 Å². The minimum Gasteiger partial charge on any atom is -0.351 e. The number of carbonyl (C=O) groups excluding carboxylic acids is 2. The summed E-state index contributed by atoms with van der Waals surface area (Å²) in [5.41, 5.74) is 2.43. The number of hydrogen-bond donors (Lipinski definition) is 3. The first kappa shape index (κ1) is 19.5. The molecule has 26 heavy (non-hydrogen) atoms. The van der Waals surface area contributed by atoms with Crippen LogP contribution < -0.4 is 10.8 Å². The van der Waals surface area contributed by atoms with E-state index < -0.39 is 23.4 Å². The van der Waals surface area contributed by atoms with E-state index in [1.165, 1.54) is 0 Å². The first-order chi connectivity index (χ1) is 12.2. The lowest BCUT2D eigenvalue weighted by molar-refractivity contribution is 0.0706. The van der Waals surface area contributed by atoms with E-state index in [-0.39, 0.29) is 11.0 Å². The second-order valence-corrected chi connectivity index (χ2v) is 6.82. The van der Waals surface area contributed by atoms with E-state index >= 15 is 0 Å². The summed E-state index contributed by atoms with van der Waals surface area (Å²) in [6.45, 7) is 4.17. The Hall–Kier alpha value is -2.80. The average Bonchev–Trinajstić information content (AvgIpc) is 2.58. The van der Waals surface area contributed by atoms with Crippen LogP contribution in [0.2, 0.25) is 0 Å². The van der Waals surface area contributed by atoms with E-state index in [2.05, 4.69) is 5.32 Å². The Morgan fingerprint density at radius 2 is 1.54 bits per heavy atom. The smallest absolute Gasteiger partial charge is 0.274 e. The van der Waals surface area contributed by atoms with E-state index in [9.17, 15) is 18.4 Å². The lowest BCUT2D eigenvalue weighted by atomic mass is 9.85. The van der Waals surface area contributed by atoms with Crippen LogP contribution in [-0.4, -0.2) is 23.6 Å². The first-order valence-electron chi connectivity index (χ1n) is 7.98. The fourth-order valence-electron chi connectivity index (χ4n) is 2.56. The third-order valence-corrected chi connectivity index (χ3v) is 3.85. The van der Waals surface area contributed by atoms with Gasteiger partial charge in [0.25, 0.3) is 11.8 Å². The molecule has 0 unspecified atom stereocenters. The van der Waals surface area contributed by atoms with Gasteiger partial charge < -0.3 is 5.32 Å². The monoisotopic (exact) mass is 362 g/mol. The highest BCUT2D eigenvalue weighted by atomic mass is 19.1. The average molecular weight is 362 g/mol. The fourth-order valence-corrected chi connectivity index (χ4v) is 2.56. The summed E-state index contributed by atoms with van der Waals surface area (Å²) in [4.78, 5) is 23.4. The molecule has 0 heterocycles. The minimum absolute atomic E-state index is 0.0716. The number of nitrogens with one attached hydrogen (secondary N) is 2. The van der Waals surface area contributed by atoms with Crippen molar-refractivity contribution in [1.82, 2.24) is 10.8 Å². The SMILES string of the molecule is CC(C)(CNC(=O)c1cc(F)cc(F)c1)Cc1ccc(C(=O)NO)cc1. The molecule has 2 amide bonds. The van der Waals surface area contributed by atoms with E-state index in [4.69, 9.17) is 5.21 Å². The van der Waals surface area contributed by atoms with Crippen molar-refractivity contribution in [1.29, 1.82) is 0 Å². The Morgan fingerprint density at radius 3 is 2.08 bits per heavy atom. The lowest BCUT2D eigenvalue weighted by Gasteiger charge is -2.25. The predicted octanol–water partition coefficient (Wildman–Crippen LogP) is 3.08. The second kappa shape index (κ2) is 8.05. The van der Waals surface area contributed by atoms with Gasteiger partial charge in [0, 0.05) is 23.7 Å². The molecule has 2 aromatic carbocycles. The molecule has 0 aliphatic carbocycles. The van der Waals surface area contributed by atoms with Gasteiger partial charge in [0.05, 0.1) is 0 Å². The Labute approximate surface area is 150 Å². The van der Waals surface area contributed by atoms with Gasteiger partial charge in [-0.1, -0.05) is 26.0 Å². The number of hydroxylamine groups is 1. The molecule has 0 aliphatic heterocycles. The standard InChI is InChI=1S/C19H20F2N2O3/c1-19(2,10-12-3-5-13(6-4-12)18(25)23-26)11-22-17(24)14-7-15(20)9-16(21)8-14/h3-9,26H,10-11H2,1-2H3,(H,22,24)(H,23,25). The Morgan fingerprint density at radius 1 is 0.962 bits per heavy atom. The van der Waals surface area contributed by atoms with Crippen LogP contribution in [-0.2, 0) is 6.42 Å². The number of hydrogen-bond acceptors (Lipinski definition) is 3. The summed E-state index contributed by atoms with van der Waals surface area (Å²) >= 11 is 0. The number of rotatable bonds is 6. The summed E-state index contributed by atoms with van der Waals surface area (Å²) in [7, 11) is 0. The van der Waals surface area contributed by atoms with Gasteiger partial charge in [-0.2, -0.15) is 0 Å². The highest BCUT2D eigenvalue weighted by Crippen LogP contribution is 2.21. The molecule has 0 bridgehead atoms. The molecule has 0 spiro atoms. The van der Waals surface area contributed by atoms with Crippen molar-refractivity contribution >= 4 is 11.8 Å². The molecule has 138 valence electrons. The molecule has 0 fully saturated rings. The predicted molar refractivity (Wildman–Crippen MR) is 91.9 cm³/mol. The summed E-state index contributed by atoms with van der Waals surface area (Å²) in [6.07, 6.45) is 0.603. The topological polar surface area (TPSA) is 78.4 Å². The van der Waals surface area contributed by atoms with Crippen molar-refractivity contribution in [3.05, 3.63) is 70.8 Å². The van der Waals surface area contributed by atoms with E-state index in [0.717, 1.165) is 17.7 Å². The van der Waals surface area contributed by atoms with Crippen LogP contribution in [0.1, 0.15) is 40.1 Å². The lowest BCUT2D eigenvalue weighted by Crippen LogP contribution is -2.35. The maximum absolute atomic E-state index is 13.2. The molecule has 0 aliphatic rings. The van der Waals surface area contributed by atoms with Crippen LogP contribution in [0.5, 0.6) is 0 Å². The maximum atomic E-state index is 13.2. The molecule has 0 atom stereocenters. The normalized spacial score (nSPS) is 11.1. The number of halogens is 2. The van der Waals surface area contributed by atoms with Crippen molar-refractivity contribution in [3.63, 3.8) is 0 Å². The summed E-state index contributed by atoms with van der Waals surface area (Å²) < 4.78 is 26.4. The molecule has 0 aromatic heterocycles. The van der Waals surface area contributed by atoms with Crippen molar-refractivity contribution in [2.75, 3.05) is 6.54 Å². The Kier molecular flexibility index (Phi) is 6.05. The van der Waals surface area contributed by atoms with E-state index in [1.54, 1.807) is 29.7 Å². The van der Waals surface area contributed by atoms with Gasteiger partial charge in [-0.05, 0) is 41.7 Å². The quantitative estimate of drug-likeness (QED) is 0.546. The van der Waals surface area contributed by atoms with Gasteiger partial charge in [-0.25, -0.2) is 14.3 Å². The maximum Gasteiger partial charge on any atom is 0.274 e. The second-order valence-electron chi connectivity index (χ2n) is 6.82. The molecule has 5 nitrogen and oxygen atoms in total. The molecule has 3 N–H and O–H groups in total. The zero-order valence-electron chi connectivity index (χ0n) is 14.5. The third kappa shape index (κ3) is 5.35. The molecule has 0 saturated carbocycles. The van der Waals surface area contributed by atoms with Gasteiger partial charge >= 0.3 is 0 Å². The van der Waals surface area contributed by atoms with Gasteiger partial charge in [0.15, 0.2) is 0 Å². The fraction of sp³-hybridized carbons (Fsp3) is 0.263. The summed E-state index contributed by atoms with van der Waals surface area (Å²) in [5.74, 6) is -2.75. The Bertz CT molecular complexity index is 785. The minimum atomic E-state index is -0.804. The van der Waals surface area contributed by atoms with Crippen molar-refractivity contribution in [2.24, 2.45) is 5.41 Å². The molecule has 2 rings (SSSR count). The van der Waals surface area contributed by atoms with Gasteiger partial charge in [0.2, 0.25) is 0 Å². The molecule has 0 radical (unpaired) electrons. The van der Waals surface area contributed by atoms with Crippen LogP contribution in [0.25, 0.3) is 0 Å². The molecule has 2 aromatic rings. The zero-order chi connectivity index (χ0) is 19.3. The van der Waals surface area contributed by atoms with Crippen molar-refractivity contribution in [2.45, 2.75) is 20.3 Å². The van der Waals surface area contributed by atoms with Gasteiger partial charge in [-0.15, -0.1) is 0 Å². The molecular formula is C19H20F2N2O3. The number of carbonyl (C=O) groups is 2. The zero-order valence-corrected chi connectivity index (χ0v) is 14.5. The van der Waals surface area contributed by atoms with E-state index in [1.807, 2.05) is 13.8 Å². The van der Waals surface area contributed by atoms with Gasteiger partial charge in [0.1, 0.15) is 11.6 Å². The first-order valence-corrected chi connectivity index (χ1v) is 7.98. The van der Waals surface area contributed by atoms with Gasteiger partial charge in [-0.3, -0.25) is 14.8 Å². The third-order valence-electron chi connectivity index (χ3n) is 3.85. The highest BCUT2D eigenvalue weighted by Gasteiger charge is 2.20. The van der Waals surface area contributed by atoms with Crippen molar-refractivity contribution in [3.8, 4) is 0 Å². The number of amides is 2. The molecular weight excluding hydrogens is 342 g/mol. The largest absolute Gasteiger partial charge is 0.351 e. The number of benzene rings is 2. The van der Waals surface area contributed by atoms with Crippen LogP contribution in [0.4, 0.5) is 8.78 Å². The van der Waals surface area contributed by atoms with Crippen LogP contribution in [0.15, 0.2) is 42.5 Å². The summed E-state index contributed by atoms with van der Waals surface area (Å²) in [6, 6.07) is 9.37. The Balaban J connectivity index is 1.97. The molecule has 7 heteroatoms. The van der Waals surface area contributed by atoms with Crippen LogP contribution in [0, 0.1) is 17.0 Å². The van der Waals surface area contributed by atoms with Crippen molar-refractivity contribution < 1.29 is 23.6 Å². The highest BCUT2D eigenvalue weighted by molar-refractivity contribution is 5.94. The van der Waals surface area contributed by atoms with E-state index in [0.29, 0.717) is 24.6 Å². The molecule has 0 saturated heterocycles. The van der Waals surface area contributed by atoms with Crippen LogP contribution in [0.3, 0.4) is 0 Å². The summed E-state index contributed by atoms with van der Waals surface area (Å²) in [5, 5.41) is 11.3.